The van der Waals surface area contributed by atoms with Crippen LogP contribution >= 0.6 is 0 Å². The molecule has 0 aliphatic carbocycles. The van der Waals surface area contributed by atoms with E-state index in [4.69, 9.17) is 0 Å². The van der Waals surface area contributed by atoms with E-state index >= 15 is 0 Å². The number of anilines is 1. The van der Waals surface area contributed by atoms with Gasteiger partial charge in [-0.15, -0.1) is 0 Å². The van der Waals surface area contributed by atoms with E-state index in [1.807, 2.05) is 24.0 Å². The molecule has 2 rings (SSSR count). The van der Waals surface area contributed by atoms with E-state index in [2.05, 4.69) is 31.1 Å². The highest BCUT2D eigenvalue weighted by Crippen LogP contribution is 2.28. The third-order valence-corrected chi connectivity index (χ3v) is 4.18. The molecule has 3 unspecified atom stereocenters. The van der Waals surface area contributed by atoms with Gasteiger partial charge in [0.1, 0.15) is 11.5 Å². The molecule has 20 heavy (non-hydrogen) atoms. The van der Waals surface area contributed by atoms with E-state index < -0.39 is 0 Å². The minimum absolute atomic E-state index is 0.0515. The second-order valence-corrected chi connectivity index (χ2v) is 5.95. The van der Waals surface area contributed by atoms with Crippen LogP contribution in [0.3, 0.4) is 0 Å². The molecule has 1 fully saturated rings. The van der Waals surface area contributed by atoms with Crippen LogP contribution in [0.25, 0.3) is 0 Å². The van der Waals surface area contributed by atoms with Crippen molar-refractivity contribution in [2.24, 2.45) is 11.8 Å². The van der Waals surface area contributed by atoms with Crippen LogP contribution in [0.1, 0.15) is 44.6 Å². The Bertz CT molecular complexity index is 475. The first-order valence-corrected chi connectivity index (χ1v) is 7.54. The van der Waals surface area contributed by atoms with Crippen molar-refractivity contribution in [1.82, 2.24) is 9.88 Å². The number of likely N-dealkylation sites (tertiary alicyclic amines) is 1. The Hall–Kier alpha value is -1.58. The summed E-state index contributed by atoms with van der Waals surface area (Å²) in [6.45, 7) is 10.2. The van der Waals surface area contributed by atoms with Crippen LogP contribution in [0, 0.1) is 11.8 Å². The van der Waals surface area contributed by atoms with Gasteiger partial charge in [-0.2, -0.15) is 0 Å². The van der Waals surface area contributed by atoms with Gasteiger partial charge >= 0.3 is 0 Å². The van der Waals surface area contributed by atoms with Crippen LogP contribution in [-0.4, -0.2) is 34.9 Å². The first kappa shape index (κ1) is 14.8. The quantitative estimate of drug-likeness (QED) is 0.922. The highest BCUT2D eigenvalue weighted by molar-refractivity contribution is 5.93. The van der Waals surface area contributed by atoms with Crippen molar-refractivity contribution in [3.05, 3.63) is 23.9 Å². The van der Waals surface area contributed by atoms with Crippen molar-refractivity contribution in [2.45, 2.75) is 40.2 Å². The molecule has 0 aromatic carbocycles. The van der Waals surface area contributed by atoms with Crippen molar-refractivity contribution in [1.29, 1.82) is 0 Å². The van der Waals surface area contributed by atoms with Crippen LogP contribution in [0.2, 0.25) is 0 Å². The molecular weight excluding hydrogens is 250 g/mol. The van der Waals surface area contributed by atoms with E-state index in [0.29, 0.717) is 17.5 Å². The molecular formula is C16H25N3O. The highest BCUT2D eigenvalue weighted by Gasteiger charge is 2.32. The Morgan fingerprint density at radius 3 is 2.85 bits per heavy atom. The average molecular weight is 275 g/mol. The zero-order valence-electron chi connectivity index (χ0n) is 12.9. The summed E-state index contributed by atoms with van der Waals surface area (Å²) in [7, 11) is 0. The van der Waals surface area contributed by atoms with Gasteiger partial charge in [0.25, 0.3) is 5.91 Å². The van der Waals surface area contributed by atoms with Gasteiger partial charge in [0.05, 0.1) is 0 Å². The number of hydrogen-bond donors (Lipinski definition) is 1. The van der Waals surface area contributed by atoms with E-state index in [9.17, 15) is 4.79 Å². The molecule has 1 aliphatic rings. The van der Waals surface area contributed by atoms with Gasteiger partial charge in [0.2, 0.25) is 0 Å². The van der Waals surface area contributed by atoms with E-state index in [-0.39, 0.29) is 11.9 Å². The summed E-state index contributed by atoms with van der Waals surface area (Å²) in [6.07, 6.45) is 1.19. The molecule has 1 saturated heterocycles. The predicted octanol–water partition coefficient (Wildman–Crippen LogP) is 3.02. The fraction of sp³-hybridized carbons (Fsp3) is 0.625. The summed E-state index contributed by atoms with van der Waals surface area (Å²) in [5.74, 6) is 1.92. The summed E-state index contributed by atoms with van der Waals surface area (Å²) in [5.41, 5.74) is 0.539. The Balaban J connectivity index is 2.19. The molecule has 1 aromatic heterocycles. The molecule has 4 heteroatoms. The minimum atomic E-state index is 0.0515. The molecule has 2 heterocycles. The van der Waals surface area contributed by atoms with Gasteiger partial charge < -0.3 is 10.2 Å². The predicted molar refractivity (Wildman–Crippen MR) is 81.8 cm³/mol. The number of piperidine rings is 1. The average Bonchev–Trinajstić information content (AvgIpc) is 2.43. The van der Waals surface area contributed by atoms with Crippen LogP contribution in [0.5, 0.6) is 0 Å². The molecule has 0 radical (unpaired) electrons. The fourth-order valence-electron chi connectivity index (χ4n) is 2.96. The molecule has 110 valence electrons. The first-order valence-electron chi connectivity index (χ1n) is 7.54. The zero-order chi connectivity index (χ0) is 14.7. The maximum absolute atomic E-state index is 12.7. The number of carbonyl (C=O) groups excluding carboxylic acids is 1. The van der Waals surface area contributed by atoms with Gasteiger partial charge in [-0.1, -0.05) is 19.9 Å². The zero-order valence-corrected chi connectivity index (χ0v) is 12.9. The van der Waals surface area contributed by atoms with Crippen molar-refractivity contribution < 1.29 is 4.79 Å². The van der Waals surface area contributed by atoms with E-state index in [1.165, 1.54) is 6.42 Å². The number of nitrogens with one attached hydrogen (secondary N) is 1. The smallest absolute Gasteiger partial charge is 0.272 e. The number of hydrogen-bond acceptors (Lipinski definition) is 3. The second kappa shape index (κ2) is 6.25. The number of pyridine rings is 1. The van der Waals surface area contributed by atoms with Gasteiger partial charge in [-0.3, -0.25) is 4.79 Å². The third-order valence-electron chi connectivity index (χ3n) is 4.18. The molecule has 1 N–H and O–H groups in total. The molecule has 1 amide bonds. The SMILES string of the molecule is CCNc1cccc(C(=O)N2CC(C)CC(C)C2C)n1. The summed E-state index contributed by atoms with van der Waals surface area (Å²) in [6, 6.07) is 5.87. The van der Waals surface area contributed by atoms with Crippen molar-refractivity contribution in [3.63, 3.8) is 0 Å². The highest BCUT2D eigenvalue weighted by atomic mass is 16.2. The molecule has 3 atom stereocenters. The Kier molecular flexibility index (Phi) is 4.63. The lowest BCUT2D eigenvalue weighted by atomic mass is 9.86. The number of rotatable bonds is 3. The van der Waals surface area contributed by atoms with Gasteiger partial charge in [-0.25, -0.2) is 4.98 Å². The van der Waals surface area contributed by atoms with Crippen molar-refractivity contribution in [2.75, 3.05) is 18.4 Å². The normalized spacial score (nSPS) is 26.4. The van der Waals surface area contributed by atoms with Gasteiger partial charge in [0.15, 0.2) is 0 Å². The molecule has 0 spiro atoms. The molecule has 1 aromatic rings. The Labute approximate surface area is 121 Å². The lowest BCUT2D eigenvalue weighted by Gasteiger charge is -2.41. The summed E-state index contributed by atoms with van der Waals surface area (Å²) < 4.78 is 0. The number of amides is 1. The lowest BCUT2D eigenvalue weighted by Crippen LogP contribution is -2.49. The monoisotopic (exact) mass is 275 g/mol. The van der Waals surface area contributed by atoms with Crippen LogP contribution < -0.4 is 5.32 Å². The molecule has 0 bridgehead atoms. The number of nitrogens with zero attached hydrogens (tertiary/aromatic N) is 2. The molecule has 1 aliphatic heterocycles. The number of aromatic nitrogens is 1. The molecule has 4 nitrogen and oxygen atoms in total. The summed E-state index contributed by atoms with van der Waals surface area (Å²) in [4.78, 5) is 19.1. The largest absolute Gasteiger partial charge is 0.370 e. The van der Waals surface area contributed by atoms with E-state index in [0.717, 1.165) is 18.9 Å². The maximum Gasteiger partial charge on any atom is 0.272 e. The Morgan fingerprint density at radius 2 is 2.15 bits per heavy atom. The van der Waals surface area contributed by atoms with Crippen LogP contribution in [0.4, 0.5) is 5.82 Å². The first-order chi connectivity index (χ1) is 9.52. The standard InChI is InChI=1S/C16H25N3O/c1-5-17-15-8-6-7-14(18-15)16(20)19-10-11(2)9-12(3)13(19)4/h6-8,11-13H,5,9-10H2,1-4H3,(H,17,18). The minimum Gasteiger partial charge on any atom is -0.370 e. The topological polar surface area (TPSA) is 45.2 Å². The van der Waals surface area contributed by atoms with Crippen LogP contribution in [-0.2, 0) is 0 Å². The third kappa shape index (κ3) is 3.11. The number of carbonyl (C=O) groups is 1. The lowest BCUT2D eigenvalue weighted by molar-refractivity contribution is 0.0450. The fourth-order valence-corrected chi connectivity index (χ4v) is 2.96. The van der Waals surface area contributed by atoms with Gasteiger partial charge in [-0.05, 0) is 44.2 Å². The van der Waals surface area contributed by atoms with Gasteiger partial charge in [0, 0.05) is 19.1 Å². The molecule has 0 saturated carbocycles. The second-order valence-electron chi connectivity index (χ2n) is 5.95. The summed E-state index contributed by atoms with van der Waals surface area (Å²) in [5, 5.41) is 3.15. The van der Waals surface area contributed by atoms with Crippen molar-refractivity contribution >= 4 is 11.7 Å². The van der Waals surface area contributed by atoms with E-state index in [1.54, 1.807) is 6.07 Å². The van der Waals surface area contributed by atoms with Crippen LogP contribution in [0.15, 0.2) is 18.2 Å². The summed E-state index contributed by atoms with van der Waals surface area (Å²) >= 11 is 0. The maximum atomic E-state index is 12.7. The Morgan fingerprint density at radius 1 is 1.40 bits per heavy atom. The van der Waals surface area contributed by atoms with Crippen molar-refractivity contribution in [3.8, 4) is 0 Å².